The van der Waals surface area contributed by atoms with E-state index >= 15 is 0 Å². The van der Waals surface area contributed by atoms with Crippen LogP contribution in [0.2, 0.25) is 0 Å². The molecule has 0 aliphatic heterocycles. The minimum absolute atomic E-state index is 0.174. The molecule has 0 bridgehead atoms. The molecule has 238 valence electrons. The van der Waals surface area contributed by atoms with Crippen LogP contribution in [0.5, 0.6) is 0 Å². The molecule has 10 aromatic rings. The summed E-state index contributed by atoms with van der Waals surface area (Å²) in [5.74, 6) is 0.558. The normalized spacial score (nSPS) is 11.7. The van der Waals surface area contributed by atoms with Crippen molar-refractivity contribution in [1.29, 1.82) is 0 Å². The van der Waals surface area contributed by atoms with Crippen LogP contribution >= 0.6 is 0 Å². The monoisotopic (exact) mass is 673 g/mol. The number of rotatable bonds is 4. The summed E-state index contributed by atoms with van der Waals surface area (Å²) in [6.07, 6.45) is 0. The first-order chi connectivity index (χ1) is 26.4. The number of hydrogen-bond donors (Lipinski definition) is 0. The Hall–Kier alpha value is -6.26. The van der Waals surface area contributed by atoms with Gasteiger partial charge in [0.1, 0.15) is 39.2 Å². The Morgan fingerprint density at radius 2 is 0.981 bits per heavy atom. The summed E-state index contributed by atoms with van der Waals surface area (Å²) in [5, 5.41) is 7.76. The molecule has 2 aromatic heterocycles. The van der Waals surface area contributed by atoms with Crippen molar-refractivity contribution in [1.82, 2.24) is 14.5 Å². The minimum atomic E-state index is 0.174. The number of aromatic nitrogens is 3. The first kappa shape index (κ1) is 32.4. The molecule has 10 radical (unpaired) electrons. The quantitative estimate of drug-likeness (QED) is 0.215. The highest BCUT2D eigenvalue weighted by Gasteiger charge is 2.21. The van der Waals surface area contributed by atoms with Crippen LogP contribution < -0.4 is 27.3 Å². The van der Waals surface area contributed by atoms with E-state index in [4.69, 9.17) is 49.2 Å². The number of nitrogens with zero attached hydrogens (tertiary/aromatic N) is 3. The van der Waals surface area contributed by atoms with Crippen LogP contribution in [0.1, 0.15) is 0 Å². The van der Waals surface area contributed by atoms with Crippen LogP contribution in [0, 0.1) is 0 Å². The molecule has 0 atom stereocenters. The molecule has 0 unspecified atom stereocenters. The molecule has 10 rings (SSSR count). The Morgan fingerprint density at radius 1 is 0.389 bits per heavy atom. The fourth-order valence-electron chi connectivity index (χ4n) is 7.89. The van der Waals surface area contributed by atoms with Gasteiger partial charge in [-0.25, -0.2) is 9.97 Å². The van der Waals surface area contributed by atoms with E-state index in [1.807, 2.05) is 36.4 Å². The van der Waals surface area contributed by atoms with Gasteiger partial charge in [0.05, 0.1) is 22.2 Å². The molecule has 0 saturated heterocycles. The lowest BCUT2D eigenvalue weighted by Crippen LogP contribution is -2.55. The Morgan fingerprint density at radius 3 is 1.72 bits per heavy atom. The lowest BCUT2D eigenvalue weighted by atomic mass is 9.59. The molecule has 0 N–H and O–H groups in total. The summed E-state index contributed by atoms with van der Waals surface area (Å²) in [4.78, 5) is 10.7. The molecule has 0 aliphatic carbocycles. The van der Waals surface area contributed by atoms with Crippen LogP contribution in [0.25, 0.3) is 93.7 Å². The second-order valence-electron chi connectivity index (χ2n) is 13.7. The molecule has 0 saturated carbocycles. The van der Waals surface area contributed by atoms with Crippen molar-refractivity contribution < 1.29 is 0 Å². The molecule has 0 amide bonds. The van der Waals surface area contributed by atoms with E-state index in [-0.39, 0.29) is 27.3 Å². The number of fused-ring (bicyclic) bond motifs is 7. The maximum Gasteiger partial charge on any atom is 0.235 e. The van der Waals surface area contributed by atoms with Gasteiger partial charge in [-0.3, -0.25) is 4.57 Å². The average Bonchev–Trinajstić information content (AvgIpc) is 3.55. The first-order valence-corrected chi connectivity index (χ1v) is 17.7. The van der Waals surface area contributed by atoms with Gasteiger partial charge in [-0.2, -0.15) is 0 Å². The standard InChI is InChI=1S/C46H24B5N3/c47-40-38(41(48)43(50)44(51)42(40)49)31-18-20-35-33(23-31)45(28-16-14-26(15-17-28)25-8-2-1-3-9-25)53-46(52-35)54-36-21-19-27-10-6-7-13-32(27)39(36)34-22-29-11-4-5-12-30(29)24-37(34)54/h1-24H. The minimum Gasteiger partial charge on any atom is -0.278 e. The smallest absolute Gasteiger partial charge is 0.235 e. The molecule has 3 nitrogen and oxygen atoms in total. The maximum atomic E-state index is 6.55. The molecule has 8 heteroatoms. The second kappa shape index (κ2) is 12.4. The van der Waals surface area contributed by atoms with E-state index in [9.17, 15) is 0 Å². The molecule has 0 aliphatic rings. The topological polar surface area (TPSA) is 30.7 Å². The van der Waals surface area contributed by atoms with Crippen LogP contribution in [0.3, 0.4) is 0 Å². The van der Waals surface area contributed by atoms with Crippen molar-refractivity contribution >= 4 is 121 Å². The fraction of sp³-hybridized carbons (Fsp3) is 0. The molecule has 2 heterocycles. The lowest BCUT2D eigenvalue weighted by molar-refractivity contribution is 1.01. The predicted octanol–water partition coefficient (Wildman–Crippen LogP) is 6.00. The van der Waals surface area contributed by atoms with Crippen molar-refractivity contribution in [2.75, 3.05) is 0 Å². The van der Waals surface area contributed by atoms with Gasteiger partial charge in [0, 0.05) is 21.7 Å². The van der Waals surface area contributed by atoms with Gasteiger partial charge >= 0.3 is 0 Å². The molecule has 8 aromatic carbocycles. The third-order valence-corrected chi connectivity index (χ3v) is 10.7. The van der Waals surface area contributed by atoms with E-state index < -0.39 is 0 Å². The van der Waals surface area contributed by atoms with E-state index in [2.05, 4.69) is 114 Å². The summed E-state index contributed by atoms with van der Waals surface area (Å²) in [7, 11) is 31.9. The molecular formula is C46H24B5N3. The number of hydrogen-bond acceptors (Lipinski definition) is 2. The van der Waals surface area contributed by atoms with Gasteiger partial charge in [0.2, 0.25) is 5.95 Å². The summed E-state index contributed by atoms with van der Waals surface area (Å²) in [6, 6.07) is 50.5. The maximum absolute atomic E-state index is 6.55. The van der Waals surface area contributed by atoms with Crippen molar-refractivity contribution in [2.45, 2.75) is 0 Å². The Bertz CT molecular complexity index is 3130. The summed E-state index contributed by atoms with van der Waals surface area (Å²) in [5.41, 5.74) is 9.08. The first-order valence-electron chi connectivity index (χ1n) is 17.7. The third-order valence-electron chi connectivity index (χ3n) is 10.7. The molecule has 0 spiro atoms. The summed E-state index contributed by atoms with van der Waals surface area (Å²) in [6.45, 7) is 0. The Labute approximate surface area is 319 Å². The second-order valence-corrected chi connectivity index (χ2v) is 13.7. The van der Waals surface area contributed by atoms with Gasteiger partial charge in [0.25, 0.3) is 0 Å². The SMILES string of the molecule is [B]c1c([B])c([B])c(-c2ccc3nc(-n4c5cc6ccccc6cc5c5c6ccccc6ccc54)nc(-c4ccc(-c5ccccc5)cc4)c3c2)c([B])c1[B]. The van der Waals surface area contributed by atoms with E-state index in [0.717, 1.165) is 66.0 Å². The van der Waals surface area contributed by atoms with E-state index in [0.29, 0.717) is 11.5 Å². The van der Waals surface area contributed by atoms with Gasteiger partial charge in [-0.15, -0.1) is 16.4 Å². The predicted molar refractivity (Wildman–Crippen MR) is 232 cm³/mol. The Kier molecular flexibility index (Phi) is 7.45. The molecule has 54 heavy (non-hydrogen) atoms. The van der Waals surface area contributed by atoms with Crippen molar-refractivity contribution in [2.24, 2.45) is 0 Å². The third kappa shape index (κ3) is 4.97. The molecular weight excluding hydrogens is 649 g/mol. The van der Waals surface area contributed by atoms with Crippen molar-refractivity contribution in [3.63, 3.8) is 0 Å². The van der Waals surface area contributed by atoms with E-state index in [1.54, 1.807) is 0 Å². The van der Waals surface area contributed by atoms with Crippen LogP contribution in [0.4, 0.5) is 0 Å². The van der Waals surface area contributed by atoms with Crippen LogP contribution in [0.15, 0.2) is 146 Å². The van der Waals surface area contributed by atoms with Gasteiger partial charge in [-0.05, 0) is 74.1 Å². The lowest BCUT2D eigenvalue weighted by Gasteiger charge is -2.21. The largest absolute Gasteiger partial charge is 0.278 e. The summed E-state index contributed by atoms with van der Waals surface area (Å²) >= 11 is 0. The van der Waals surface area contributed by atoms with Crippen molar-refractivity contribution in [3.05, 3.63) is 146 Å². The zero-order valence-corrected chi connectivity index (χ0v) is 29.1. The molecule has 0 fully saturated rings. The van der Waals surface area contributed by atoms with Crippen LogP contribution in [-0.4, -0.2) is 53.8 Å². The van der Waals surface area contributed by atoms with Crippen molar-refractivity contribution in [3.8, 4) is 39.5 Å². The van der Waals surface area contributed by atoms with Gasteiger partial charge in [0.15, 0.2) is 0 Å². The van der Waals surface area contributed by atoms with Gasteiger partial charge in [-0.1, -0.05) is 126 Å². The Balaban J connectivity index is 1.28. The highest BCUT2D eigenvalue weighted by atomic mass is 15.2. The summed E-state index contributed by atoms with van der Waals surface area (Å²) < 4.78 is 2.19. The van der Waals surface area contributed by atoms with Gasteiger partial charge < -0.3 is 0 Å². The number of benzene rings is 8. The highest BCUT2D eigenvalue weighted by molar-refractivity contribution is 6.68. The fourth-order valence-corrected chi connectivity index (χ4v) is 7.89. The highest BCUT2D eigenvalue weighted by Crippen LogP contribution is 2.39. The average molecular weight is 673 g/mol. The van der Waals surface area contributed by atoms with Crippen LogP contribution in [-0.2, 0) is 0 Å². The van der Waals surface area contributed by atoms with E-state index in [1.165, 1.54) is 16.2 Å². The zero-order chi connectivity index (χ0) is 36.7. The zero-order valence-electron chi connectivity index (χ0n) is 29.1.